The van der Waals surface area contributed by atoms with E-state index in [4.69, 9.17) is 0 Å². The lowest BCUT2D eigenvalue weighted by molar-refractivity contribution is 0.141. The van der Waals surface area contributed by atoms with Crippen molar-refractivity contribution in [1.29, 1.82) is 0 Å². The summed E-state index contributed by atoms with van der Waals surface area (Å²) in [7, 11) is 0. The lowest BCUT2D eigenvalue weighted by Gasteiger charge is -2.24. The highest BCUT2D eigenvalue weighted by Gasteiger charge is 2.33. The molecule has 90 valence electrons. The smallest absolute Gasteiger partial charge is 0.0631 e. The molecule has 0 spiro atoms. The van der Waals surface area contributed by atoms with Gasteiger partial charge < -0.3 is 10.4 Å². The highest BCUT2D eigenvalue weighted by atomic mass is 16.3. The van der Waals surface area contributed by atoms with E-state index in [0.717, 1.165) is 31.6 Å². The molecule has 2 heterocycles. The van der Waals surface area contributed by atoms with Crippen LogP contribution in [0.4, 0.5) is 0 Å². The first kappa shape index (κ1) is 11.6. The number of aliphatic hydroxyl groups excluding tert-OH is 1. The summed E-state index contributed by atoms with van der Waals surface area (Å²) in [5, 5.41) is 17.4. The average molecular weight is 223 g/mol. The van der Waals surface area contributed by atoms with Crippen molar-refractivity contribution in [2.75, 3.05) is 19.7 Å². The third-order valence-electron chi connectivity index (χ3n) is 3.42. The van der Waals surface area contributed by atoms with Crippen LogP contribution in [0.1, 0.15) is 32.0 Å². The van der Waals surface area contributed by atoms with Gasteiger partial charge in [0.1, 0.15) is 0 Å². The van der Waals surface area contributed by atoms with Gasteiger partial charge in [0.2, 0.25) is 0 Å². The molecule has 0 bridgehead atoms. The second-order valence-electron chi connectivity index (χ2n) is 5.14. The Hall–Kier alpha value is -0.870. The van der Waals surface area contributed by atoms with E-state index < -0.39 is 0 Å². The molecule has 1 unspecified atom stereocenters. The Morgan fingerprint density at radius 3 is 2.94 bits per heavy atom. The van der Waals surface area contributed by atoms with Gasteiger partial charge in [-0.1, -0.05) is 0 Å². The normalized spacial score (nSPS) is 25.5. The van der Waals surface area contributed by atoms with E-state index in [0.29, 0.717) is 6.04 Å². The number of hydrogen-bond acceptors (Lipinski definition) is 3. The molecule has 1 aromatic heterocycles. The molecule has 1 aliphatic rings. The van der Waals surface area contributed by atoms with Gasteiger partial charge in [0.05, 0.1) is 12.3 Å². The van der Waals surface area contributed by atoms with E-state index >= 15 is 0 Å². The van der Waals surface area contributed by atoms with Crippen molar-refractivity contribution in [2.45, 2.75) is 32.7 Å². The van der Waals surface area contributed by atoms with Crippen molar-refractivity contribution in [3.63, 3.8) is 0 Å². The van der Waals surface area contributed by atoms with Crippen LogP contribution in [0.25, 0.3) is 0 Å². The number of rotatable bonds is 4. The number of aromatic nitrogens is 2. The Balaban J connectivity index is 2.07. The summed E-state index contributed by atoms with van der Waals surface area (Å²) < 4.78 is 1.97. The van der Waals surface area contributed by atoms with Crippen molar-refractivity contribution >= 4 is 0 Å². The van der Waals surface area contributed by atoms with Gasteiger partial charge in [-0.3, -0.25) is 4.68 Å². The maximum Gasteiger partial charge on any atom is 0.0631 e. The first-order valence-corrected chi connectivity index (χ1v) is 6.01. The topological polar surface area (TPSA) is 50.1 Å². The van der Waals surface area contributed by atoms with Gasteiger partial charge in [0, 0.05) is 30.6 Å². The Kier molecular flexibility index (Phi) is 3.30. The maximum absolute atomic E-state index is 9.52. The first-order valence-electron chi connectivity index (χ1n) is 6.01. The van der Waals surface area contributed by atoms with Gasteiger partial charge >= 0.3 is 0 Å². The Morgan fingerprint density at radius 2 is 2.44 bits per heavy atom. The summed E-state index contributed by atoms with van der Waals surface area (Å²) in [4.78, 5) is 0. The predicted octanol–water partition coefficient (Wildman–Crippen LogP) is 0.978. The number of aliphatic hydroxyl groups is 1. The highest BCUT2D eigenvalue weighted by molar-refractivity contribution is 5.06. The summed E-state index contributed by atoms with van der Waals surface area (Å²) in [6, 6.07) is 2.47. The first-order chi connectivity index (χ1) is 7.65. The Morgan fingerprint density at radius 1 is 1.62 bits per heavy atom. The fourth-order valence-corrected chi connectivity index (χ4v) is 2.28. The van der Waals surface area contributed by atoms with E-state index in [1.165, 1.54) is 0 Å². The molecule has 0 radical (unpaired) electrons. The third-order valence-corrected chi connectivity index (χ3v) is 3.42. The van der Waals surface area contributed by atoms with Gasteiger partial charge in [0.15, 0.2) is 0 Å². The van der Waals surface area contributed by atoms with Crippen molar-refractivity contribution in [2.24, 2.45) is 5.41 Å². The minimum Gasteiger partial charge on any atom is -0.396 e. The molecule has 1 aliphatic heterocycles. The SMILES string of the molecule is CC(C)n1ccc(CC2(CO)CCNC2)n1. The minimum absolute atomic E-state index is 0.0101. The Bertz CT molecular complexity index is 340. The lowest BCUT2D eigenvalue weighted by atomic mass is 9.83. The second kappa shape index (κ2) is 4.55. The molecule has 2 N–H and O–H groups in total. The maximum atomic E-state index is 9.52. The molecule has 2 rings (SSSR count). The van der Waals surface area contributed by atoms with Crippen molar-refractivity contribution < 1.29 is 5.11 Å². The fourth-order valence-electron chi connectivity index (χ4n) is 2.28. The van der Waals surface area contributed by atoms with Crippen LogP contribution < -0.4 is 5.32 Å². The molecule has 16 heavy (non-hydrogen) atoms. The van der Waals surface area contributed by atoms with Crippen molar-refractivity contribution in [3.05, 3.63) is 18.0 Å². The second-order valence-corrected chi connectivity index (χ2v) is 5.14. The molecule has 4 heteroatoms. The molecule has 1 saturated heterocycles. The molecular formula is C12H21N3O. The van der Waals surface area contributed by atoms with Gasteiger partial charge in [-0.25, -0.2) is 0 Å². The van der Waals surface area contributed by atoms with E-state index in [1.54, 1.807) is 0 Å². The van der Waals surface area contributed by atoms with Gasteiger partial charge in [-0.2, -0.15) is 5.10 Å². The molecule has 0 aliphatic carbocycles. The summed E-state index contributed by atoms with van der Waals surface area (Å²) >= 11 is 0. The molecule has 1 fully saturated rings. The molecule has 1 aromatic rings. The zero-order valence-corrected chi connectivity index (χ0v) is 10.1. The lowest BCUT2D eigenvalue weighted by Crippen LogP contribution is -2.30. The number of hydrogen-bond donors (Lipinski definition) is 2. The van der Waals surface area contributed by atoms with Gasteiger partial charge in [0.25, 0.3) is 0 Å². The molecule has 0 aromatic carbocycles. The Labute approximate surface area is 96.7 Å². The molecule has 1 atom stereocenters. The summed E-state index contributed by atoms with van der Waals surface area (Å²) in [5.41, 5.74) is 1.10. The van der Waals surface area contributed by atoms with Crippen LogP contribution in [0.5, 0.6) is 0 Å². The number of nitrogens with one attached hydrogen (secondary N) is 1. The van der Waals surface area contributed by atoms with Gasteiger partial charge in [-0.05, 0) is 32.9 Å². The summed E-state index contributed by atoms with van der Waals surface area (Å²) in [6.07, 6.45) is 3.93. The van der Waals surface area contributed by atoms with E-state index in [9.17, 15) is 5.11 Å². The monoisotopic (exact) mass is 223 g/mol. The minimum atomic E-state index is 0.0101. The fraction of sp³-hybridized carbons (Fsp3) is 0.750. The molecule has 0 saturated carbocycles. The predicted molar refractivity (Wildman–Crippen MR) is 63.3 cm³/mol. The van der Waals surface area contributed by atoms with Crippen molar-refractivity contribution in [1.82, 2.24) is 15.1 Å². The van der Waals surface area contributed by atoms with Gasteiger partial charge in [-0.15, -0.1) is 0 Å². The van der Waals surface area contributed by atoms with E-state index in [-0.39, 0.29) is 12.0 Å². The third kappa shape index (κ3) is 2.28. The van der Waals surface area contributed by atoms with Crippen LogP contribution >= 0.6 is 0 Å². The standard InChI is InChI=1S/C12H21N3O/c1-10(2)15-6-3-11(14-15)7-12(9-16)4-5-13-8-12/h3,6,10,13,16H,4-5,7-9H2,1-2H3. The van der Waals surface area contributed by atoms with Crippen LogP contribution in [0.2, 0.25) is 0 Å². The van der Waals surface area contributed by atoms with E-state index in [2.05, 4.69) is 30.3 Å². The zero-order chi connectivity index (χ0) is 11.6. The molecule has 4 nitrogen and oxygen atoms in total. The average Bonchev–Trinajstić information content (AvgIpc) is 2.88. The van der Waals surface area contributed by atoms with Crippen LogP contribution in [0.3, 0.4) is 0 Å². The highest BCUT2D eigenvalue weighted by Crippen LogP contribution is 2.28. The van der Waals surface area contributed by atoms with Crippen LogP contribution in [-0.4, -0.2) is 34.6 Å². The zero-order valence-electron chi connectivity index (χ0n) is 10.1. The van der Waals surface area contributed by atoms with Crippen LogP contribution in [-0.2, 0) is 6.42 Å². The molecular weight excluding hydrogens is 202 g/mol. The van der Waals surface area contributed by atoms with Crippen LogP contribution in [0, 0.1) is 5.41 Å². The van der Waals surface area contributed by atoms with Crippen molar-refractivity contribution in [3.8, 4) is 0 Å². The number of nitrogens with zero attached hydrogens (tertiary/aromatic N) is 2. The summed E-state index contributed by atoms with van der Waals surface area (Å²) in [5.74, 6) is 0. The summed E-state index contributed by atoms with van der Waals surface area (Å²) in [6.45, 7) is 6.39. The largest absolute Gasteiger partial charge is 0.396 e. The van der Waals surface area contributed by atoms with Crippen LogP contribution in [0.15, 0.2) is 12.3 Å². The quantitative estimate of drug-likeness (QED) is 0.800. The molecule has 0 amide bonds. The van der Waals surface area contributed by atoms with E-state index in [1.807, 2.05) is 10.9 Å².